The Balaban J connectivity index is 4.48. The smallest absolute Gasteiger partial charge is 0.306 e. The minimum absolute atomic E-state index is 0.0131. The van der Waals surface area contributed by atoms with Gasteiger partial charge in [0.05, 0.1) is 11.5 Å². The maximum atomic E-state index is 12.8. The van der Waals surface area contributed by atoms with E-state index in [2.05, 4.69) is 36.3 Å². The van der Waals surface area contributed by atoms with Crippen LogP contribution in [-0.2, 0) is 19.1 Å². The van der Waals surface area contributed by atoms with Crippen LogP contribution in [0, 0.1) is 10.1 Å². The number of nitrogens with zero attached hydrogens (tertiary/aromatic N) is 2. The topological polar surface area (TPSA) is 123 Å². The molecular formula is C47H92N4O6. The number of unbranched alkanes of at least 4 members (excludes halogenated alkanes) is 23. The van der Waals surface area contributed by atoms with Crippen molar-refractivity contribution < 1.29 is 24.0 Å². The molecule has 0 aromatic rings. The molecule has 0 heterocycles. The first-order valence-electron chi connectivity index (χ1n) is 24.2. The van der Waals surface area contributed by atoms with Crippen molar-refractivity contribution in [3.05, 3.63) is 22.1 Å². The van der Waals surface area contributed by atoms with Crippen LogP contribution in [0.1, 0.15) is 233 Å². The molecule has 336 valence electrons. The van der Waals surface area contributed by atoms with Gasteiger partial charge in [-0.1, -0.05) is 156 Å². The molecule has 0 saturated carbocycles. The molecule has 0 amide bonds. The third-order valence-electron chi connectivity index (χ3n) is 11.0. The Morgan fingerprint density at radius 2 is 1.00 bits per heavy atom. The lowest BCUT2D eigenvalue weighted by Gasteiger charge is -2.22. The van der Waals surface area contributed by atoms with Crippen LogP contribution in [0.3, 0.4) is 0 Å². The van der Waals surface area contributed by atoms with E-state index in [1.54, 1.807) is 7.05 Å². The number of rotatable bonds is 45. The number of ether oxygens (including phenoxy) is 2. The third kappa shape index (κ3) is 40.2. The SMILES string of the molecule is CCCCCCCCCCCOC(=O)CCCCCN(CCCCCCCC(=O)OC(CCCCCCC)CCCCCCCC)CCCN/C(=C/[N+](=O)[O-])NC. The molecule has 1 atom stereocenters. The molecule has 0 saturated heterocycles. The van der Waals surface area contributed by atoms with Crippen LogP contribution in [-0.4, -0.2) is 67.7 Å². The van der Waals surface area contributed by atoms with E-state index in [1.165, 1.54) is 103 Å². The van der Waals surface area contributed by atoms with Crippen LogP contribution in [0.5, 0.6) is 0 Å². The average Bonchev–Trinajstić information content (AvgIpc) is 3.19. The minimum Gasteiger partial charge on any atom is -0.466 e. The van der Waals surface area contributed by atoms with E-state index < -0.39 is 4.92 Å². The molecular weight excluding hydrogens is 717 g/mol. The van der Waals surface area contributed by atoms with Crippen LogP contribution in [0.4, 0.5) is 0 Å². The first kappa shape index (κ1) is 54.6. The fraction of sp³-hybridized carbons (Fsp3) is 0.915. The zero-order valence-electron chi connectivity index (χ0n) is 37.9. The highest BCUT2D eigenvalue weighted by atomic mass is 16.6. The van der Waals surface area contributed by atoms with Gasteiger partial charge in [-0.15, -0.1) is 0 Å². The molecule has 0 aromatic carbocycles. The predicted octanol–water partition coefficient (Wildman–Crippen LogP) is 12.6. The normalized spacial score (nSPS) is 12.2. The van der Waals surface area contributed by atoms with E-state index in [1.807, 2.05) is 0 Å². The summed E-state index contributed by atoms with van der Waals surface area (Å²) in [5.41, 5.74) is 0. The van der Waals surface area contributed by atoms with Gasteiger partial charge in [0.15, 0.2) is 5.82 Å². The number of nitro groups is 1. The molecule has 57 heavy (non-hydrogen) atoms. The van der Waals surface area contributed by atoms with E-state index >= 15 is 0 Å². The number of hydrogen-bond donors (Lipinski definition) is 2. The van der Waals surface area contributed by atoms with Gasteiger partial charge in [0.25, 0.3) is 6.20 Å². The van der Waals surface area contributed by atoms with Crippen LogP contribution >= 0.6 is 0 Å². The first-order chi connectivity index (χ1) is 27.9. The lowest BCUT2D eigenvalue weighted by atomic mass is 10.0. The zero-order valence-corrected chi connectivity index (χ0v) is 37.9. The van der Waals surface area contributed by atoms with Gasteiger partial charge in [-0.05, 0) is 83.8 Å². The second-order valence-electron chi connectivity index (χ2n) is 16.4. The second kappa shape index (κ2) is 43.2. The Morgan fingerprint density at radius 1 is 0.579 bits per heavy atom. The van der Waals surface area contributed by atoms with Gasteiger partial charge in [-0.25, -0.2) is 0 Å². The first-order valence-corrected chi connectivity index (χ1v) is 24.2. The van der Waals surface area contributed by atoms with Gasteiger partial charge in [0.2, 0.25) is 0 Å². The van der Waals surface area contributed by atoms with E-state index in [0.717, 1.165) is 122 Å². The Hall–Kier alpha value is -2.36. The number of carbonyl (C=O) groups is 2. The fourth-order valence-electron chi connectivity index (χ4n) is 7.39. The largest absolute Gasteiger partial charge is 0.466 e. The highest BCUT2D eigenvalue weighted by Gasteiger charge is 2.14. The molecule has 0 radical (unpaired) electrons. The minimum atomic E-state index is -0.453. The number of hydrogen-bond acceptors (Lipinski definition) is 9. The molecule has 0 aliphatic carbocycles. The summed E-state index contributed by atoms with van der Waals surface area (Å²) in [5.74, 6) is 0.330. The van der Waals surface area contributed by atoms with E-state index in [0.29, 0.717) is 31.8 Å². The molecule has 0 bridgehead atoms. The van der Waals surface area contributed by atoms with Crippen molar-refractivity contribution in [3.8, 4) is 0 Å². The lowest BCUT2D eigenvalue weighted by molar-refractivity contribution is -0.404. The van der Waals surface area contributed by atoms with E-state index in [4.69, 9.17) is 9.47 Å². The van der Waals surface area contributed by atoms with Gasteiger partial charge < -0.3 is 25.0 Å². The van der Waals surface area contributed by atoms with E-state index in [-0.39, 0.29) is 18.0 Å². The summed E-state index contributed by atoms with van der Waals surface area (Å²) >= 11 is 0. The average molecular weight is 809 g/mol. The van der Waals surface area contributed by atoms with Gasteiger partial charge >= 0.3 is 11.9 Å². The van der Waals surface area contributed by atoms with Crippen molar-refractivity contribution >= 4 is 11.9 Å². The molecule has 2 N–H and O–H groups in total. The summed E-state index contributed by atoms with van der Waals surface area (Å²) in [4.78, 5) is 37.9. The molecule has 0 aliphatic rings. The zero-order chi connectivity index (χ0) is 41.9. The quantitative estimate of drug-likeness (QED) is 0.0268. The Kier molecular flexibility index (Phi) is 41.4. The number of esters is 2. The van der Waals surface area contributed by atoms with Crippen LogP contribution < -0.4 is 10.6 Å². The van der Waals surface area contributed by atoms with Crippen LogP contribution in [0.15, 0.2) is 12.0 Å². The van der Waals surface area contributed by atoms with Crippen molar-refractivity contribution in [2.45, 2.75) is 239 Å². The molecule has 0 rings (SSSR count). The van der Waals surface area contributed by atoms with E-state index in [9.17, 15) is 19.7 Å². The van der Waals surface area contributed by atoms with Crippen molar-refractivity contribution in [2.75, 3.05) is 39.8 Å². The maximum Gasteiger partial charge on any atom is 0.306 e. The molecule has 0 aliphatic heterocycles. The van der Waals surface area contributed by atoms with Gasteiger partial charge in [-0.3, -0.25) is 19.7 Å². The summed E-state index contributed by atoms with van der Waals surface area (Å²) in [6.45, 7) is 10.8. The molecule has 0 spiro atoms. The predicted molar refractivity (Wildman–Crippen MR) is 239 cm³/mol. The fourth-order valence-corrected chi connectivity index (χ4v) is 7.39. The van der Waals surface area contributed by atoms with Gasteiger partial charge in [0.1, 0.15) is 6.10 Å². The summed E-state index contributed by atoms with van der Waals surface area (Å²) in [5, 5.41) is 16.8. The monoisotopic (exact) mass is 809 g/mol. The molecule has 0 aromatic heterocycles. The van der Waals surface area contributed by atoms with Crippen LogP contribution in [0.2, 0.25) is 0 Å². The Morgan fingerprint density at radius 3 is 1.51 bits per heavy atom. The summed E-state index contributed by atoms with van der Waals surface area (Å²) in [6.07, 6.45) is 38.2. The molecule has 1 unspecified atom stereocenters. The second-order valence-corrected chi connectivity index (χ2v) is 16.4. The molecule has 10 heteroatoms. The highest BCUT2D eigenvalue weighted by molar-refractivity contribution is 5.69. The summed E-state index contributed by atoms with van der Waals surface area (Å²) < 4.78 is 11.5. The van der Waals surface area contributed by atoms with Gasteiger partial charge in [0, 0.05) is 26.4 Å². The summed E-state index contributed by atoms with van der Waals surface area (Å²) in [6, 6.07) is 0. The molecule has 0 fully saturated rings. The number of carbonyl (C=O) groups excluding carboxylic acids is 2. The number of nitrogens with one attached hydrogen (secondary N) is 2. The third-order valence-corrected chi connectivity index (χ3v) is 11.0. The van der Waals surface area contributed by atoms with Crippen LogP contribution in [0.25, 0.3) is 0 Å². The van der Waals surface area contributed by atoms with Crippen molar-refractivity contribution in [1.29, 1.82) is 0 Å². The maximum absolute atomic E-state index is 12.8. The van der Waals surface area contributed by atoms with Crippen molar-refractivity contribution in [1.82, 2.24) is 15.5 Å². The lowest BCUT2D eigenvalue weighted by Crippen LogP contribution is -2.31. The van der Waals surface area contributed by atoms with Crippen molar-refractivity contribution in [2.24, 2.45) is 0 Å². The standard InChI is InChI=1S/C47H92N4O6/c1-5-8-11-14-16-17-18-24-32-42-56-46(52)36-29-25-31-40-50(41-33-38-49-45(48-4)43-51(54)55)39-30-23-19-22-28-37-47(53)57-44(34-26-20-13-10-7-3)35-27-21-15-12-9-6-2/h43-44,48-49H,5-42H2,1-4H3/b45-43+. The molecule has 10 nitrogen and oxygen atoms in total. The highest BCUT2D eigenvalue weighted by Crippen LogP contribution is 2.18. The summed E-state index contributed by atoms with van der Waals surface area (Å²) in [7, 11) is 1.68. The van der Waals surface area contributed by atoms with Gasteiger partial charge in [-0.2, -0.15) is 0 Å². The van der Waals surface area contributed by atoms with Crippen molar-refractivity contribution in [3.63, 3.8) is 0 Å². The Bertz CT molecular complexity index is 949. The Labute approximate surface area is 351 Å².